The third kappa shape index (κ3) is 4.71. The highest BCUT2D eigenvalue weighted by molar-refractivity contribution is 4.84. The van der Waals surface area contributed by atoms with E-state index in [1.165, 1.54) is 10.7 Å². The lowest BCUT2D eigenvalue weighted by atomic mass is 10.5. The van der Waals surface area contributed by atoms with Crippen molar-refractivity contribution in [1.29, 1.82) is 0 Å². The van der Waals surface area contributed by atoms with Gasteiger partial charge in [0.05, 0.1) is 13.2 Å². The molecule has 0 bridgehead atoms. The summed E-state index contributed by atoms with van der Waals surface area (Å²) in [7, 11) is 0. The van der Waals surface area contributed by atoms with Crippen molar-refractivity contribution in [3.8, 4) is 0 Å². The molecule has 5 nitrogen and oxygen atoms in total. The first-order valence-corrected chi connectivity index (χ1v) is 5.15. The molecule has 0 unspecified atom stereocenters. The van der Waals surface area contributed by atoms with Crippen molar-refractivity contribution in [3.05, 3.63) is 28.7 Å². The molecule has 1 rings (SSSR count). The lowest BCUT2D eigenvalue weighted by molar-refractivity contribution is 0.149. The van der Waals surface area contributed by atoms with E-state index in [4.69, 9.17) is 4.74 Å². The van der Waals surface area contributed by atoms with Crippen LogP contribution in [0, 0.1) is 0 Å². The molecular weight excluding hydrogens is 194 g/mol. The van der Waals surface area contributed by atoms with Crippen molar-refractivity contribution in [2.24, 2.45) is 0 Å². The van der Waals surface area contributed by atoms with Gasteiger partial charge >= 0.3 is 0 Å². The molecule has 1 aromatic rings. The minimum Gasteiger partial charge on any atom is -0.380 e. The van der Waals surface area contributed by atoms with Crippen LogP contribution in [0.15, 0.2) is 23.1 Å². The van der Waals surface area contributed by atoms with E-state index in [1.54, 1.807) is 12.3 Å². The summed E-state index contributed by atoms with van der Waals surface area (Å²) in [5, 5.41) is 7.12. The largest absolute Gasteiger partial charge is 0.380 e. The van der Waals surface area contributed by atoms with E-state index >= 15 is 0 Å². The van der Waals surface area contributed by atoms with Gasteiger partial charge < -0.3 is 10.1 Å². The van der Waals surface area contributed by atoms with E-state index in [-0.39, 0.29) is 5.56 Å². The summed E-state index contributed by atoms with van der Waals surface area (Å²) < 4.78 is 6.60. The molecule has 1 heterocycles. The van der Waals surface area contributed by atoms with Gasteiger partial charge in [-0.05, 0) is 13.0 Å². The molecule has 0 aliphatic rings. The highest BCUT2D eigenvalue weighted by Gasteiger charge is 1.94. The van der Waals surface area contributed by atoms with E-state index < -0.39 is 0 Å². The number of hydrogen-bond donors (Lipinski definition) is 1. The Balaban J connectivity index is 2.15. The minimum atomic E-state index is -0.0656. The van der Waals surface area contributed by atoms with Crippen molar-refractivity contribution in [2.45, 2.75) is 13.5 Å². The van der Waals surface area contributed by atoms with Crippen LogP contribution in [0.25, 0.3) is 0 Å². The molecule has 1 N–H and O–H groups in total. The van der Waals surface area contributed by atoms with Crippen molar-refractivity contribution in [1.82, 2.24) is 15.1 Å². The van der Waals surface area contributed by atoms with Gasteiger partial charge in [0.2, 0.25) is 0 Å². The monoisotopic (exact) mass is 211 g/mol. The molecule has 84 valence electrons. The highest BCUT2D eigenvalue weighted by Crippen LogP contribution is 1.76. The molecule has 0 aliphatic heterocycles. The second-order valence-corrected chi connectivity index (χ2v) is 3.03. The van der Waals surface area contributed by atoms with E-state index in [0.717, 1.165) is 19.7 Å². The molecule has 0 aliphatic carbocycles. The van der Waals surface area contributed by atoms with E-state index in [1.807, 2.05) is 6.92 Å². The fraction of sp³-hybridized carbons (Fsp3) is 0.600. The van der Waals surface area contributed by atoms with Crippen molar-refractivity contribution in [2.75, 3.05) is 26.3 Å². The van der Waals surface area contributed by atoms with Crippen molar-refractivity contribution in [3.63, 3.8) is 0 Å². The average molecular weight is 211 g/mol. The van der Waals surface area contributed by atoms with Crippen LogP contribution in [0.3, 0.4) is 0 Å². The number of hydrogen-bond acceptors (Lipinski definition) is 4. The first kappa shape index (κ1) is 11.9. The third-order valence-electron chi connectivity index (χ3n) is 1.91. The number of aromatic nitrogens is 2. The van der Waals surface area contributed by atoms with Crippen LogP contribution in [-0.2, 0) is 11.3 Å². The summed E-state index contributed by atoms with van der Waals surface area (Å²) in [6.45, 7) is 5.52. The smallest absolute Gasteiger partial charge is 0.266 e. The Morgan fingerprint density at radius 3 is 3.13 bits per heavy atom. The first-order valence-electron chi connectivity index (χ1n) is 5.15. The third-order valence-corrected chi connectivity index (χ3v) is 1.91. The highest BCUT2D eigenvalue weighted by atomic mass is 16.5. The Labute approximate surface area is 89.1 Å². The van der Waals surface area contributed by atoms with E-state index in [2.05, 4.69) is 10.4 Å². The van der Waals surface area contributed by atoms with Gasteiger partial charge in [0.1, 0.15) is 0 Å². The number of ether oxygens (including phenoxy) is 1. The molecule has 15 heavy (non-hydrogen) atoms. The standard InChI is InChI=1S/C10H17N3O2/c1-2-15-9-7-11-6-8-13-10(14)4-3-5-12-13/h3-5,11H,2,6-9H2,1H3. The Bertz CT molecular complexity index is 324. The maximum absolute atomic E-state index is 11.2. The topological polar surface area (TPSA) is 56.1 Å². The Morgan fingerprint density at radius 2 is 2.40 bits per heavy atom. The van der Waals surface area contributed by atoms with Crippen molar-refractivity contribution >= 4 is 0 Å². The predicted octanol–water partition coefficient (Wildman–Crippen LogP) is -0.131. The van der Waals surface area contributed by atoms with Gasteiger partial charge in [-0.1, -0.05) is 0 Å². The number of nitrogens with zero attached hydrogens (tertiary/aromatic N) is 2. The van der Waals surface area contributed by atoms with E-state index in [9.17, 15) is 4.79 Å². The van der Waals surface area contributed by atoms with Crippen LogP contribution >= 0.6 is 0 Å². The Hall–Kier alpha value is -1.20. The summed E-state index contributed by atoms with van der Waals surface area (Å²) in [4.78, 5) is 11.2. The summed E-state index contributed by atoms with van der Waals surface area (Å²) in [6, 6.07) is 3.15. The van der Waals surface area contributed by atoms with Crippen LogP contribution in [-0.4, -0.2) is 36.1 Å². The zero-order valence-corrected chi connectivity index (χ0v) is 8.98. The first-order chi connectivity index (χ1) is 7.34. The SMILES string of the molecule is CCOCCNCCn1ncccc1=O. The Morgan fingerprint density at radius 1 is 1.53 bits per heavy atom. The lowest BCUT2D eigenvalue weighted by Crippen LogP contribution is -2.29. The molecule has 0 saturated carbocycles. The quantitative estimate of drug-likeness (QED) is 0.638. The fourth-order valence-corrected chi connectivity index (χ4v) is 1.15. The molecular formula is C10H17N3O2. The summed E-state index contributed by atoms with van der Waals surface area (Å²) in [5.74, 6) is 0. The summed E-state index contributed by atoms with van der Waals surface area (Å²) in [5.41, 5.74) is -0.0656. The summed E-state index contributed by atoms with van der Waals surface area (Å²) in [6.07, 6.45) is 1.61. The maximum atomic E-state index is 11.2. The van der Waals surface area contributed by atoms with Gasteiger partial charge in [0.15, 0.2) is 0 Å². The molecule has 0 spiro atoms. The molecule has 0 fully saturated rings. The van der Waals surface area contributed by atoms with Crippen LogP contribution in [0.2, 0.25) is 0 Å². The second-order valence-electron chi connectivity index (χ2n) is 3.03. The minimum absolute atomic E-state index is 0.0656. The van der Waals surface area contributed by atoms with Gasteiger partial charge in [-0.3, -0.25) is 4.79 Å². The van der Waals surface area contributed by atoms with Gasteiger partial charge in [-0.2, -0.15) is 5.10 Å². The second kappa shape index (κ2) is 7.14. The number of rotatable bonds is 7. The lowest BCUT2D eigenvalue weighted by Gasteiger charge is -2.05. The zero-order valence-electron chi connectivity index (χ0n) is 8.98. The molecule has 0 radical (unpaired) electrons. The molecule has 5 heteroatoms. The van der Waals surface area contributed by atoms with Crippen molar-refractivity contribution < 1.29 is 4.74 Å². The van der Waals surface area contributed by atoms with Crippen LogP contribution in [0.1, 0.15) is 6.92 Å². The van der Waals surface area contributed by atoms with Gasteiger partial charge in [0, 0.05) is 32.0 Å². The van der Waals surface area contributed by atoms with E-state index in [0.29, 0.717) is 13.2 Å². The summed E-state index contributed by atoms with van der Waals surface area (Å²) >= 11 is 0. The molecule has 1 aromatic heterocycles. The number of nitrogens with one attached hydrogen (secondary N) is 1. The predicted molar refractivity (Wildman–Crippen MR) is 57.9 cm³/mol. The molecule has 0 saturated heterocycles. The fourth-order valence-electron chi connectivity index (χ4n) is 1.15. The average Bonchev–Trinajstić information content (AvgIpc) is 2.25. The van der Waals surface area contributed by atoms with Gasteiger partial charge in [0.25, 0.3) is 5.56 Å². The normalized spacial score (nSPS) is 10.5. The molecule has 0 atom stereocenters. The van der Waals surface area contributed by atoms with Crippen LogP contribution in [0.5, 0.6) is 0 Å². The maximum Gasteiger partial charge on any atom is 0.266 e. The Kier molecular flexibility index (Phi) is 5.65. The zero-order chi connectivity index (χ0) is 10.9. The van der Waals surface area contributed by atoms with Crippen LogP contribution < -0.4 is 10.9 Å². The molecule has 0 aromatic carbocycles. The van der Waals surface area contributed by atoms with Crippen LogP contribution in [0.4, 0.5) is 0 Å². The van der Waals surface area contributed by atoms with Gasteiger partial charge in [-0.25, -0.2) is 4.68 Å². The molecule has 0 amide bonds. The van der Waals surface area contributed by atoms with Gasteiger partial charge in [-0.15, -0.1) is 0 Å².